The van der Waals surface area contributed by atoms with Gasteiger partial charge in [0.25, 0.3) is 5.91 Å². The van der Waals surface area contributed by atoms with Gasteiger partial charge in [-0.25, -0.2) is 13.6 Å². The minimum atomic E-state index is -3.81. The molecule has 0 atom stereocenters. The van der Waals surface area contributed by atoms with E-state index in [2.05, 4.69) is 0 Å². The van der Waals surface area contributed by atoms with E-state index in [0.29, 0.717) is 17.7 Å². The maximum absolute atomic E-state index is 12.3. The second-order valence-electron chi connectivity index (χ2n) is 6.30. The predicted molar refractivity (Wildman–Crippen MR) is 79.0 cm³/mol. The van der Waals surface area contributed by atoms with E-state index < -0.39 is 10.0 Å². The molecule has 0 aliphatic heterocycles. The summed E-state index contributed by atoms with van der Waals surface area (Å²) in [6, 6.07) is 4.44. The molecule has 0 saturated heterocycles. The molecular weight excluding hydrogens is 276 g/mol. The molecule has 0 heterocycles. The van der Waals surface area contributed by atoms with Gasteiger partial charge in [0.05, 0.1) is 4.90 Å². The number of amides is 1. The van der Waals surface area contributed by atoms with E-state index in [1.165, 1.54) is 12.1 Å². The van der Waals surface area contributed by atoms with E-state index in [-0.39, 0.29) is 16.2 Å². The Morgan fingerprint density at radius 2 is 1.80 bits per heavy atom. The first-order chi connectivity index (χ1) is 8.90. The van der Waals surface area contributed by atoms with Gasteiger partial charge in [-0.1, -0.05) is 20.8 Å². The van der Waals surface area contributed by atoms with Gasteiger partial charge in [0.1, 0.15) is 0 Å². The maximum Gasteiger partial charge on any atom is 0.253 e. The largest absolute Gasteiger partial charge is 0.341 e. The van der Waals surface area contributed by atoms with Gasteiger partial charge in [0, 0.05) is 19.2 Å². The number of benzene rings is 1. The first kappa shape index (κ1) is 16.7. The molecule has 0 unspecified atom stereocenters. The van der Waals surface area contributed by atoms with Crippen molar-refractivity contribution in [3.05, 3.63) is 29.3 Å². The van der Waals surface area contributed by atoms with Gasteiger partial charge in [0.2, 0.25) is 10.0 Å². The molecule has 0 saturated carbocycles. The zero-order valence-electron chi connectivity index (χ0n) is 12.6. The van der Waals surface area contributed by atoms with Crippen LogP contribution < -0.4 is 5.14 Å². The van der Waals surface area contributed by atoms with Crippen LogP contribution in [-0.4, -0.2) is 32.8 Å². The molecule has 0 spiro atoms. The number of nitrogens with two attached hydrogens (primary N) is 1. The van der Waals surface area contributed by atoms with E-state index in [0.717, 1.165) is 0 Å². The monoisotopic (exact) mass is 298 g/mol. The highest BCUT2D eigenvalue weighted by molar-refractivity contribution is 7.89. The van der Waals surface area contributed by atoms with Crippen molar-refractivity contribution in [2.24, 2.45) is 10.6 Å². The Hall–Kier alpha value is -1.40. The van der Waals surface area contributed by atoms with Crippen LogP contribution in [0.2, 0.25) is 0 Å². The molecule has 112 valence electrons. The number of nitrogens with zero attached hydrogens (tertiary/aromatic N) is 1. The smallest absolute Gasteiger partial charge is 0.253 e. The second kappa shape index (κ2) is 5.54. The summed E-state index contributed by atoms with van der Waals surface area (Å²) in [5.74, 6) is -0.214. The highest BCUT2D eigenvalue weighted by Crippen LogP contribution is 2.18. The standard InChI is InChI=1S/C14H22N2O3S/c1-10-6-11(8-12(7-10)20(15,18)19)13(17)16(5)9-14(2,3)4/h6-8H,9H2,1-5H3,(H2,15,18,19). The van der Waals surface area contributed by atoms with Gasteiger partial charge in [-0.15, -0.1) is 0 Å². The Labute approximate surface area is 120 Å². The topological polar surface area (TPSA) is 80.5 Å². The van der Waals surface area contributed by atoms with Gasteiger partial charge in [-0.05, 0) is 36.1 Å². The molecule has 5 nitrogen and oxygen atoms in total. The number of aryl methyl sites for hydroxylation is 1. The second-order valence-corrected chi connectivity index (χ2v) is 7.86. The Bertz CT molecular complexity index is 616. The van der Waals surface area contributed by atoms with Crippen molar-refractivity contribution in [3.8, 4) is 0 Å². The van der Waals surface area contributed by atoms with E-state index in [1.807, 2.05) is 20.8 Å². The Kier molecular flexibility index (Phi) is 4.61. The summed E-state index contributed by atoms with van der Waals surface area (Å²) < 4.78 is 22.8. The van der Waals surface area contributed by atoms with Gasteiger partial charge < -0.3 is 4.90 Å². The van der Waals surface area contributed by atoms with E-state index in [9.17, 15) is 13.2 Å². The molecular formula is C14H22N2O3S. The first-order valence-corrected chi connectivity index (χ1v) is 7.85. The summed E-state index contributed by atoms with van der Waals surface area (Å²) in [6.07, 6.45) is 0. The average Bonchev–Trinajstić information content (AvgIpc) is 2.23. The van der Waals surface area contributed by atoms with Crippen molar-refractivity contribution in [1.29, 1.82) is 0 Å². The Balaban J connectivity index is 3.14. The lowest BCUT2D eigenvalue weighted by Gasteiger charge is -2.26. The molecule has 0 bridgehead atoms. The number of rotatable bonds is 3. The fraction of sp³-hybridized carbons (Fsp3) is 0.500. The van der Waals surface area contributed by atoms with Crippen molar-refractivity contribution in [1.82, 2.24) is 4.90 Å². The SMILES string of the molecule is Cc1cc(C(=O)N(C)CC(C)(C)C)cc(S(N)(=O)=O)c1. The van der Waals surface area contributed by atoms with Crippen molar-refractivity contribution >= 4 is 15.9 Å². The summed E-state index contributed by atoms with van der Waals surface area (Å²) >= 11 is 0. The number of sulfonamides is 1. The molecule has 0 aliphatic rings. The maximum atomic E-state index is 12.3. The van der Waals surface area contributed by atoms with Crippen molar-refractivity contribution in [3.63, 3.8) is 0 Å². The molecule has 1 amide bonds. The minimum Gasteiger partial charge on any atom is -0.341 e. The van der Waals surface area contributed by atoms with Crippen LogP contribution in [0.1, 0.15) is 36.7 Å². The van der Waals surface area contributed by atoms with Crippen molar-refractivity contribution in [2.75, 3.05) is 13.6 Å². The normalized spacial score (nSPS) is 12.3. The highest BCUT2D eigenvalue weighted by Gasteiger charge is 2.20. The molecule has 1 aromatic carbocycles. The molecule has 0 fully saturated rings. The highest BCUT2D eigenvalue weighted by atomic mass is 32.2. The van der Waals surface area contributed by atoms with E-state index >= 15 is 0 Å². The summed E-state index contributed by atoms with van der Waals surface area (Å²) in [5.41, 5.74) is 0.988. The van der Waals surface area contributed by atoms with Gasteiger partial charge in [0.15, 0.2) is 0 Å². The van der Waals surface area contributed by atoms with Crippen LogP contribution in [0.3, 0.4) is 0 Å². The minimum absolute atomic E-state index is 0.0307. The molecule has 1 rings (SSSR count). The van der Waals surface area contributed by atoms with Crippen LogP contribution >= 0.6 is 0 Å². The molecule has 2 N–H and O–H groups in total. The lowest BCUT2D eigenvalue weighted by Crippen LogP contribution is -2.34. The number of carbonyl (C=O) groups excluding carboxylic acids is 1. The number of hydrogen-bond donors (Lipinski definition) is 1. The molecule has 6 heteroatoms. The summed E-state index contributed by atoms with van der Waals surface area (Å²) in [5, 5.41) is 5.12. The van der Waals surface area contributed by atoms with Crippen LogP contribution in [0.4, 0.5) is 0 Å². The molecule has 0 radical (unpaired) electrons. The van der Waals surface area contributed by atoms with Crippen molar-refractivity contribution in [2.45, 2.75) is 32.6 Å². The van der Waals surface area contributed by atoms with Gasteiger partial charge >= 0.3 is 0 Å². The predicted octanol–water partition coefficient (Wildman–Crippen LogP) is 1.76. The summed E-state index contributed by atoms with van der Waals surface area (Å²) in [4.78, 5) is 13.9. The number of hydrogen-bond acceptors (Lipinski definition) is 3. The van der Waals surface area contributed by atoms with Crippen LogP contribution in [-0.2, 0) is 10.0 Å². The van der Waals surface area contributed by atoms with Gasteiger partial charge in [-0.3, -0.25) is 4.79 Å². The van der Waals surface area contributed by atoms with Gasteiger partial charge in [-0.2, -0.15) is 0 Å². The quantitative estimate of drug-likeness (QED) is 0.923. The van der Waals surface area contributed by atoms with E-state index in [4.69, 9.17) is 5.14 Å². The lowest BCUT2D eigenvalue weighted by molar-refractivity contribution is 0.0745. The average molecular weight is 298 g/mol. The molecule has 0 aromatic heterocycles. The van der Waals surface area contributed by atoms with Crippen molar-refractivity contribution < 1.29 is 13.2 Å². The zero-order chi connectivity index (χ0) is 15.7. The first-order valence-electron chi connectivity index (χ1n) is 6.30. The Morgan fingerprint density at radius 3 is 2.25 bits per heavy atom. The third kappa shape index (κ3) is 4.61. The van der Waals surface area contributed by atoms with Crippen LogP contribution in [0.25, 0.3) is 0 Å². The van der Waals surface area contributed by atoms with E-state index in [1.54, 1.807) is 24.9 Å². The number of carbonyl (C=O) groups is 1. The summed E-state index contributed by atoms with van der Waals surface area (Å²) in [6.45, 7) is 8.40. The zero-order valence-corrected chi connectivity index (χ0v) is 13.4. The molecule has 0 aliphatic carbocycles. The molecule has 20 heavy (non-hydrogen) atoms. The fourth-order valence-corrected chi connectivity index (χ4v) is 2.68. The third-order valence-electron chi connectivity index (χ3n) is 2.68. The third-order valence-corrected chi connectivity index (χ3v) is 3.58. The lowest BCUT2D eigenvalue weighted by atomic mass is 9.96. The van der Waals surface area contributed by atoms with Crippen LogP contribution in [0.15, 0.2) is 23.1 Å². The fourth-order valence-electron chi connectivity index (χ4n) is 2.04. The molecule has 1 aromatic rings. The summed E-state index contributed by atoms with van der Waals surface area (Å²) in [7, 11) is -2.11. The number of primary sulfonamides is 1. The van der Waals surface area contributed by atoms with Crippen LogP contribution in [0, 0.1) is 12.3 Å². The van der Waals surface area contributed by atoms with Crippen LogP contribution in [0.5, 0.6) is 0 Å². The Morgan fingerprint density at radius 1 is 1.25 bits per heavy atom.